The highest BCUT2D eigenvalue weighted by atomic mass is 16.3. The molecule has 2 N–H and O–H groups in total. The van der Waals surface area contributed by atoms with Crippen LogP contribution in [0.15, 0.2) is 18.2 Å². The van der Waals surface area contributed by atoms with Gasteiger partial charge in [-0.25, -0.2) is 4.98 Å². The SMILES string of the molecule is CC(=O)Nc1ccc2c(c1)nc(C)n2C1(CO)CCC1. The molecular formula is C15H19N3O2. The van der Waals surface area contributed by atoms with Crippen molar-refractivity contribution in [2.45, 2.75) is 38.6 Å². The van der Waals surface area contributed by atoms with E-state index in [4.69, 9.17) is 0 Å². The zero-order chi connectivity index (χ0) is 14.3. The Morgan fingerprint density at radius 1 is 1.50 bits per heavy atom. The van der Waals surface area contributed by atoms with Gasteiger partial charge in [0.25, 0.3) is 0 Å². The maximum absolute atomic E-state index is 11.1. The van der Waals surface area contributed by atoms with Crippen LogP contribution in [-0.4, -0.2) is 27.2 Å². The number of fused-ring (bicyclic) bond motifs is 1. The van der Waals surface area contributed by atoms with Gasteiger partial charge in [-0.1, -0.05) is 0 Å². The van der Waals surface area contributed by atoms with Crippen LogP contribution in [0, 0.1) is 6.92 Å². The summed E-state index contributed by atoms with van der Waals surface area (Å²) >= 11 is 0. The fraction of sp³-hybridized carbons (Fsp3) is 0.467. The van der Waals surface area contributed by atoms with Crippen molar-refractivity contribution in [3.05, 3.63) is 24.0 Å². The average molecular weight is 273 g/mol. The number of carbonyl (C=O) groups excluding carboxylic acids is 1. The number of rotatable bonds is 3. The van der Waals surface area contributed by atoms with E-state index in [1.165, 1.54) is 6.92 Å². The topological polar surface area (TPSA) is 67.2 Å². The number of anilines is 1. The molecule has 0 aliphatic heterocycles. The van der Waals surface area contributed by atoms with E-state index in [9.17, 15) is 9.90 Å². The van der Waals surface area contributed by atoms with E-state index in [-0.39, 0.29) is 18.1 Å². The van der Waals surface area contributed by atoms with Crippen molar-refractivity contribution in [1.29, 1.82) is 0 Å². The normalized spacial score (nSPS) is 16.9. The van der Waals surface area contributed by atoms with Gasteiger partial charge in [-0.2, -0.15) is 0 Å². The standard InChI is InChI=1S/C15H19N3O2/c1-10-16-13-8-12(17-11(2)20)4-5-14(13)18(10)15(9-19)6-3-7-15/h4-5,8,19H,3,6-7,9H2,1-2H3,(H,17,20). The Balaban J connectivity index is 2.10. The van der Waals surface area contributed by atoms with Gasteiger partial charge >= 0.3 is 0 Å². The number of amides is 1. The molecule has 0 atom stereocenters. The lowest BCUT2D eigenvalue weighted by Gasteiger charge is -2.42. The van der Waals surface area contributed by atoms with Crippen molar-refractivity contribution in [1.82, 2.24) is 9.55 Å². The van der Waals surface area contributed by atoms with Gasteiger partial charge in [0.15, 0.2) is 0 Å². The third-order valence-electron chi connectivity index (χ3n) is 4.20. The predicted molar refractivity (Wildman–Crippen MR) is 77.7 cm³/mol. The highest BCUT2D eigenvalue weighted by Crippen LogP contribution is 2.41. The second kappa shape index (κ2) is 4.59. The Bertz CT molecular complexity index is 666. The number of aryl methyl sites for hydroxylation is 1. The van der Waals surface area contributed by atoms with Gasteiger partial charge in [0.1, 0.15) is 5.82 Å². The van der Waals surface area contributed by atoms with E-state index in [0.717, 1.165) is 41.8 Å². The van der Waals surface area contributed by atoms with E-state index in [2.05, 4.69) is 14.9 Å². The van der Waals surface area contributed by atoms with Crippen molar-refractivity contribution in [3.63, 3.8) is 0 Å². The molecule has 3 rings (SSSR count). The van der Waals surface area contributed by atoms with Gasteiger partial charge < -0.3 is 15.0 Å². The Hall–Kier alpha value is -1.88. The van der Waals surface area contributed by atoms with Crippen LogP contribution in [0.25, 0.3) is 11.0 Å². The molecule has 5 heteroatoms. The third-order valence-corrected chi connectivity index (χ3v) is 4.20. The van der Waals surface area contributed by atoms with Crippen LogP contribution in [-0.2, 0) is 10.3 Å². The zero-order valence-corrected chi connectivity index (χ0v) is 11.8. The largest absolute Gasteiger partial charge is 0.394 e. The lowest BCUT2D eigenvalue weighted by Crippen LogP contribution is -2.44. The molecule has 0 bridgehead atoms. The first-order chi connectivity index (χ1) is 9.55. The Morgan fingerprint density at radius 3 is 2.80 bits per heavy atom. The van der Waals surface area contributed by atoms with Crippen LogP contribution in [0.2, 0.25) is 0 Å². The number of nitrogens with one attached hydrogen (secondary N) is 1. The van der Waals surface area contributed by atoms with Crippen LogP contribution in [0.3, 0.4) is 0 Å². The highest BCUT2D eigenvalue weighted by molar-refractivity contribution is 5.91. The highest BCUT2D eigenvalue weighted by Gasteiger charge is 2.40. The Labute approximate surface area is 117 Å². The summed E-state index contributed by atoms with van der Waals surface area (Å²) in [6.45, 7) is 3.60. The molecule has 0 spiro atoms. The summed E-state index contributed by atoms with van der Waals surface area (Å²) in [7, 11) is 0. The molecule has 0 radical (unpaired) electrons. The molecule has 1 aromatic heterocycles. The summed E-state index contributed by atoms with van der Waals surface area (Å²) in [5, 5.41) is 12.5. The van der Waals surface area contributed by atoms with Crippen LogP contribution >= 0.6 is 0 Å². The summed E-state index contributed by atoms with van der Waals surface area (Å²) in [4.78, 5) is 15.7. The maximum Gasteiger partial charge on any atom is 0.221 e. The van der Waals surface area contributed by atoms with Crippen molar-refractivity contribution in [2.75, 3.05) is 11.9 Å². The summed E-state index contributed by atoms with van der Waals surface area (Å²) < 4.78 is 2.16. The number of carbonyl (C=O) groups is 1. The number of imidazole rings is 1. The fourth-order valence-electron chi connectivity index (χ4n) is 3.12. The first kappa shape index (κ1) is 13.1. The van der Waals surface area contributed by atoms with Gasteiger partial charge in [-0.15, -0.1) is 0 Å². The van der Waals surface area contributed by atoms with Crippen LogP contribution < -0.4 is 5.32 Å². The molecule has 1 aromatic carbocycles. The number of aromatic nitrogens is 2. The van der Waals surface area contributed by atoms with Gasteiger partial charge in [-0.05, 0) is 44.4 Å². The maximum atomic E-state index is 11.1. The molecule has 1 amide bonds. The second-order valence-corrected chi connectivity index (χ2v) is 5.62. The lowest BCUT2D eigenvalue weighted by atomic mass is 9.77. The van der Waals surface area contributed by atoms with Gasteiger partial charge in [-0.3, -0.25) is 4.79 Å². The number of aliphatic hydroxyl groups is 1. The molecule has 1 fully saturated rings. The zero-order valence-electron chi connectivity index (χ0n) is 11.8. The van der Waals surface area contributed by atoms with Gasteiger partial charge in [0.05, 0.1) is 23.2 Å². The molecule has 2 aromatic rings. The first-order valence-electron chi connectivity index (χ1n) is 6.94. The van der Waals surface area contributed by atoms with Crippen molar-refractivity contribution < 1.29 is 9.90 Å². The van der Waals surface area contributed by atoms with Crippen molar-refractivity contribution >= 4 is 22.6 Å². The molecule has 0 saturated heterocycles. The molecule has 1 aliphatic rings. The Kier molecular flexibility index (Phi) is 3.01. The van der Waals surface area contributed by atoms with Gasteiger partial charge in [0, 0.05) is 12.6 Å². The number of hydrogen-bond donors (Lipinski definition) is 2. The molecule has 5 nitrogen and oxygen atoms in total. The quantitative estimate of drug-likeness (QED) is 0.900. The molecule has 1 heterocycles. The molecular weight excluding hydrogens is 254 g/mol. The van der Waals surface area contributed by atoms with E-state index in [1.807, 2.05) is 25.1 Å². The van der Waals surface area contributed by atoms with Crippen molar-refractivity contribution in [2.24, 2.45) is 0 Å². The smallest absolute Gasteiger partial charge is 0.221 e. The molecule has 1 aliphatic carbocycles. The number of nitrogens with zero attached hydrogens (tertiary/aromatic N) is 2. The second-order valence-electron chi connectivity index (χ2n) is 5.62. The average Bonchev–Trinajstić information content (AvgIpc) is 2.65. The number of aliphatic hydroxyl groups excluding tert-OH is 1. The van der Waals surface area contributed by atoms with Crippen LogP contribution in [0.1, 0.15) is 32.0 Å². The number of hydrogen-bond acceptors (Lipinski definition) is 3. The molecule has 106 valence electrons. The van der Waals surface area contributed by atoms with Crippen molar-refractivity contribution in [3.8, 4) is 0 Å². The first-order valence-corrected chi connectivity index (χ1v) is 6.94. The van der Waals surface area contributed by atoms with E-state index < -0.39 is 0 Å². The van der Waals surface area contributed by atoms with Gasteiger partial charge in [0.2, 0.25) is 5.91 Å². The predicted octanol–water partition coefficient (Wildman–Crippen LogP) is 2.17. The lowest BCUT2D eigenvalue weighted by molar-refractivity contribution is -0.114. The van der Waals surface area contributed by atoms with E-state index in [1.54, 1.807) is 0 Å². The summed E-state index contributed by atoms with van der Waals surface area (Å²) in [6.07, 6.45) is 3.12. The minimum absolute atomic E-state index is 0.0914. The molecule has 20 heavy (non-hydrogen) atoms. The third kappa shape index (κ3) is 1.89. The van der Waals surface area contributed by atoms with Crippen LogP contribution in [0.5, 0.6) is 0 Å². The summed E-state index contributed by atoms with van der Waals surface area (Å²) in [5.41, 5.74) is 2.44. The summed E-state index contributed by atoms with van der Waals surface area (Å²) in [5.74, 6) is 0.819. The minimum atomic E-state index is -0.186. The Morgan fingerprint density at radius 2 is 2.25 bits per heavy atom. The summed E-state index contributed by atoms with van der Waals surface area (Å²) in [6, 6.07) is 5.73. The fourth-order valence-corrected chi connectivity index (χ4v) is 3.12. The van der Waals surface area contributed by atoms with E-state index in [0.29, 0.717) is 0 Å². The minimum Gasteiger partial charge on any atom is -0.394 e. The molecule has 0 unspecified atom stereocenters. The van der Waals surface area contributed by atoms with E-state index >= 15 is 0 Å². The monoisotopic (exact) mass is 273 g/mol. The number of benzene rings is 1. The molecule has 1 saturated carbocycles. The van der Waals surface area contributed by atoms with Crippen LogP contribution in [0.4, 0.5) is 5.69 Å².